The number of rotatable bonds is 3. The van der Waals surface area contributed by atoms with Gasteiger partial charge < -0.3 is 5.11 Å². The SMILES string of the molecule is NS(=O)(=O)C1=C(Sc2ccc(O)cc2)C=CC(=S)C1. The summed E-state index contributed by atoms with van der Waals surface area (Å²) in [4.78, 5) is 2.05. The predicted octanol–water partition coefficient (Wildman–Crippen LogP) is 2.31. The molecule has 4 nitrogen and oxygen atoms in total. The van der Waals surface area contributed by atoms with Crippen molar-refractivity contribution in [1.29, 1.82) is 0 Å². The number of thiocarbonyl (C=S) groups is 1. The molecule has 0 heterocycles. The van der Waals surface area contributed by atoms with E-state index in [-0.39, 0.29) is 17.1 Å². The molecule has 0 fully saturated rings. The Labute approximate surface area is 121 Å². The first-order valence-electron chi connectivity index (χ1n) is 5.30. The number of primary sulfonamides is 1. The predicted molar refractivity (Wildman–Crippen MR) is 80.5 cm³/mol. The second-order valence-electron chi connectivity index (χ2n) is 3.90. The lowest BCUT2D eigenvalue weighted by Gasteiger charge is -2.14. The van der Waals surface area contributed by atoms with E-state index in [0.717, 1.165) is 4.90 Å². The normalized spacial score (nSPS) is 15.9. The quantitative estimate of drug-likeness (QED) is 0.837. The van der Waals surface area contributed by atoms with Crippen LogP contribution in [0.2, 0.25) is 0 Å². The first-order chi connectivity index (χ1) is 8.86. The van der Waals surface area contributed by atoms with Gasteiger partial charge in [-0.25, -0.2) is 13.6 Å². The molecule has 0 atom stereocenters. The monoisotopic (exact) mass is 313 g/mol. The Hall–Kier alpha value is -1.15. The number of allylic oxidation sites excluding steroid dienone is 3. The summed E-state index contributed by atoms with van der Waals surface area (Å²) in [5, 5.41) is 14.4. The van der Waals surface area contributed by atoms with Crippen LogP contribution in [0.25, 0.3) is 0 Å². The van der Waals surface area contributed by atoms with Crippen LogP contribution < -0.4 is 5.14 Å². The molecular formula is C12H11NO3S3. The number of hydrogen-bond donors (Lipinski definition) is 2. The molecule has 0 radical (unpaired) electrons. The third kappa shape index (κ3) is 3.66. The fraction of sp³-hybridized carbons (Fsp3) is 0.0833. The smallest absolute Gasteiger partial charge is 0.235 e. The van der Waals surface area contributed by atoms with Crippen molar-refractivity contribution >= 4 is 38.9 Å². The van der Waals surface area contributed by atoms with Crippen molar-refractivity contribution in [2.45, 2.75) is 11.3 Å². The van der Waals surface area contributed by atoms with E-state index in [0.29, 0.717) is 9.77 Å². The van der Waals surface area contributed by atoms with Crippen LogP contribution >= 0.6 is 24.0 Å². The van der Waals surface area contributed by atoms with Gasteiger partial charge in [0.05, 0.1) is 4.91 Å². The second-order valence-corrected chi connectivity index (χ2v) is 7.13. The van der Waals surface area contributed by atoms with Gasteiger partial charge in [-0.2, -0.15) is 0 Å². The van der Waals surface area contributed by atoms with Crippen LogP contribution in [0.4, 0.5) is 0 Å². The first-order valence-corrected chi connectivity index (χ1v) is 8.07. The molecule has 19 heavy (non-hydrogen) atoms. The molecule has 7 heteroatoms. The topological polar surface area (TPSA) is 80.4 Å². The van der Waals surface area contributed by atoms with E-state index >= 15 is 0 Å². The first kappa shape index (κ1) is 14.3. The summed E-state index contributed by atoms with van der Waals surface area (Å²) in [6, 6.07) is 6.48. The third-order valence-electron chi connectivity index (χ3n) is 2.44. The molecular weight excluding hydrogens is 302 g/mol. The van der Waals surface area contributed by atoms with E-state index < -0.39 is 10.0 Å². The third-order valence-corrected chi connectivity index (χ3v) is 5.01. The molecule has 0 saturated heterocycles. The van der Waals surface area contributed by atoms with Gasteiger partial charge in [0.15, 0.2) is 0 Å². The van der Waals surface area contributed by atoms with Gasteiger partial charge in [-0.05, 0) is 36.4 Å². The number of thioether (sulfide) groups is 1. The van der Waals surface area contributed by atoms with Crippen LogP contribution in [-0.4, -0.2) is 18.4 Å². The molecule has 0 unspecified atom stereocenters. The highest BCUT2D eigenvalue weighted by Crippen LogP contribution is 2.35. The number of hydrogen-bond acceptors (Lipinski definition) is 5. The van der Waals surface area contributed by atoms with Crippen molar-refractivity contribution in [2.24, 2.45) is 5.14 Å². The van der Waals surface area contributed by atoms with Crippen molar-refractivity contribution in [1.82, 2.24) is 0 Å². The Bertz CT molecular complexity index is 673. The standard InChI is InChI=1S/C12H11NO3S3/c13-19(15,16)12-7-9(17)3-6-11(12)18-10-4-1-8(14)2-5-10/h1-6,14H,7H2,(H2,13,15,16). The van der Waals surface area contributed by atoms with Crippen molar-refractivity contribution in [2.75, 3.05) is 0 Å². The highest BCUT2D eigenvalue weighted by Gasteiger charge is 2.21. The number of phenolic OH excluding ortho intramolecular Hbond substituents is 1. The van der Waals surface area contributed by atoms with E-state index in [2.05, 4.69) is 0 Å². The minimum absolute atomic E-state index is 0.137. The Balaban J connectivity index is 2.38. The van der Waals surface area contributed by atoms with Gasteiger partial charge in [-0.1, -0.05) is 24.0 Å². The summed E-state index contributed by atoms with van der Waals surface area (Å²) in [5.74, 6) is 0.158. The zero-order chi connectivity index (χ0) is 14.0. The van der Waals surface area contributed by atoms with E-state index in [9.17, 15) is 13.5 Å². The maximum atomic E-state index is 11.6. The highest BCUT2D eigenvalue weighted by atomic mass is 32.2. The van der Waals surface area contributed by atoms with Crippen LogP contribution in [-0.2, 0) is 10.0 Å². The molecule has 0 bridgehead atoms. The van der Waals surface area contributed by atoms with Gasteiger partial charge in [-0.15, -0.1) is 0 Å². The number of benzene rings is 1. The summed E-state index contributed by atoms with van der Waals surface area (Å²) in [7, 11) is -3.77. The zero-order valence-corrected chi connectivity index (χ0v) is 12.2. The number of sulfonamides is 1. The molecule has 0 aromatic heterocycles. The number of aromatic hydroxyl groups is 1. The van der Waals surface area contributed by atoms with Crippen LogP contribution in [0.1, 0.15) is 6.42 Å². The van der Waals surface area contributed by atoms with Gasteiger partial charge in [-0.3, -0.25) is 0 Å². The van der Waals surface area contributed by atoms with Gasteiger partial charge in [0, 0.05) is 21.1 Å². The van der Waals surface area contributed by atoms with Gasteiger partial charge in [0.25, 0.3) is 0 Å². The Morgan fingerprint density at radius 1 is 1.21 bits per heavy atom. The zero-order valence-electron chi connectivity index (χ0n) is 9.74. The average Bonchev–Trinajstić information content (AvgIpc) is 2.33. The van der Waals surface area contributed by atoms with E-state index in [1.165, 1.54) is 23.9 Å². The van der Waals surface area contributed by atoms with Crippen molar-refractivity contribution < 1.29 is 13.5 Å². The number of nitrogens with two attached hydrogens (primary N) is 1. The summed E-state index contributed by atoms with van der Waals surface area (Å²) in [6.07, 6.45) is 3.51. The number of phenols is 1. The van der Waals surface area contributed by atoms with Crippen LogP contribution in [0.3, 0.4) is 0 Å². The molecule has 1 aromatic rings. The lowest BCUT2D eigenvalue weighted by Crippen LogP contribution is -2.19. The van der Waals surface area contributed by atoms with E-state index in [1.54, 1.807) is 24.3 Å². The molecule has 0 saturated carbocycles. The fourth-order valence-corrected chi connectivity index (χ4v) is 3.87. The molecule has 0 amide bonds. The molecule has 100 valence electrons. The molecule has 1 aliphatic rings. The Morgan fingerprint density at radius 3 is 2.42 bits per heavy atom. The molecule has 0 spiro atoms. The summed E-state index contributed by atoms with van der Waals surface area (Å²) >= 11 is 6.28. The highest BCUT2D eigenvalue weighted by molar-refractivity contribution is 8.04. The second kappa shape index (κ2) is 5.46. The fourth-order valence-electron chi connectivity index (χ4n) is 1.54. The van der Waals surface area contributed by atoms with Crippen molar-refractivity contribution in [3.8, 4) is 5.75 Å². The lowest BCUT2D eigenvalue weighted by atomic mass is 10.2. The molecule has 2 rings (SSSR count). The maximum Gasteiger partial charge on any atom is 0.235 e. The summed E-state index contributed by atoms with van der Waals surface area (Å²) in [6.45, 7) is 0. The molecule has 1 aromatic carbocycles. The van der Waals surface area contributed by atoms with Gasteiger partial charge in [0.2, 0.25) is 10.0 Å². The Kier molecular flexibility index (Phi) is 4.10. The minimum Gasteiger partial charge on any atom is -0.508 e. The lowest BCUT2D eigenvalue weighted by molar-refractivity contribution is 0.475. The molecule has 3 N–H and O–H groups in total. The average molecular weight is 313 g/mol. The largest absolute Gasteiger partial charge is 0.508 e. The van der Waals surface area contributed by atoms with E-state index in [1.807, 2.05) is 0 Å². The maximum absolute atomic E-state index is 11.6. The minimum atomic E-state index is -3.77. The van der Waals surface area contributed by atoms with Crippen LogP contribution in [0, 0.1) is 0 Å². The van der Waals surface area contributed by atoms with Gasteiger partial charge in [0.1, 0.15) is 5.75 Å². The van der Waals surface area contributed by atoms with Crippen molar-refractivity contribution in [3.05, 3.63) is 46.2 Å². The molecule has 0 aliphatic heterocycles. The van der Waals surface area contributed by atoms with Crippen LogP contribution in [0.5, 0.6) is 5.75 Å². The van der Waals surface area contributed by atoms with Crippen molar-refractivity contribution in [3.63, 3.8) is 0 Å². The molecule has 1 aliphatic carbocycles. The summed E-state index contributed by atoms with van der Waals surface area (Å²) in [5.41, 5.74) is 0. The Morgan fingerprint density at radius 2 is 1.84 bits per heavy atom. The van der Waals surface area contributed by atoms with Crippen LogP contribution in [0.15, 0.2) is 51.1 Å². The van der Waals surface area contributed by atoms with Gasteiger partial charge >= 0.3 is 0 Å². The van der Waals surface area contributed by atoms with E-state index in [4.69, 9.17) is 17.4 Å². The summed E-state index contributed by atoms with van der Waals surface area (Å²) < 4.78 is 23.1.